The molecule has 1 amide bonds. The molecule has 1 unspecified atom stereocenters. The number of aromatic amines is 1. The molecule has 0 aliphatic heterocycles. The number of hydrogen-bond acceptors (Lipinski definition) is 4. The number of hydrogen-bond donors (Lipinski definition) is 4. The SMILES string of the molecule is O=C(NC(Cc1c[nH]c2ccc(O)cc12)C(=O)O)OCc1ccccc1. The van der Waals surface area contributed by atoms with Crippen LogP contribution in [0.1, 0.15) is 11.1 Å². The van der Waals surface area contributed by atoms with Crippen LogP contribution in [0.2, 0.25) is 0 Å². The van der Waals surface area contributed by atoms with E-state index in [1.165, 1.54) is 6.07 Å². The topological polar surface area (TPSA) is 112 Å². The van der Waals surface area contributed by atoms with Crippen molar-refractivity contribution in [3.05, 3.63) is 65.9 Å². The largest absolute Gasteiger partial charge is 0.508 e. The van der Waals surface area contributed by atoms with Crippen LogP contribution in [0.15, 0.2) is 54.7 Å². The van der Waals surface area contributed by atoms with E-state index in [4.69, 9.17) is 4.74 Å². The van der Waals surface area contributed by atoms with E-state index in [1.807, 2.05) is 18.2 Å². The van der Waals surface area contributed by atoms with Gasteiger partial charge >= 0.3 is 12.1 Å². The van der Waals surface area contributed by atoms with E-state index in [0.717, 1.165) is 11.1 Å². The number of H-pyrrole nitrogens is 1. The molecule has 1 aromatic heterocycles. The van der Waals surface area contributed by atoms with Crippen LogP contribution in [-0.4, -0.2) is 33.3 Å². The minimum Gasteiger partial charge on any atom is -0.508 e. The lowest BCUT2D eigenvalue weighted by Crippen LogP contribution is -2.42. The second-order valence-electron chi connectivity index (χ2n) is 5.84. The Morgan fingerprint density at radius 1 is 1.15 bits per heavy atom. The first-order valence-electron chi connectivity index (χ1n) is 8.02. The Morgan fingerprint density at radius 2 is 1.92 bits per heavy atom. The van der Waals surface area contributed by atoms with E-state index in [9.17, 15) is 19.8 Å². The maximum Gasteiger partial charge on any atom is 0.408 e. The smallest absolute Gasteiger partial charge is 0.408 e. The fourth-order valence-electron chi connectivity index (χ4n) is 2.66. The molecule has 1 heterocycles. The number of phenolic OH excluding ortho intramolecular Hbond substituents is 1. The highest BCUT2D eigenvalue weighted by Gasteiger charge is 2.22. The maximum absolute atomic E-state index is 11.9. The van der Waals surface area contributed by atoms with Crippen molar-refractivity contribution in [2.45, 2.75) is 19.1 Å². The first-order valence-corrected chi connectivity index (χ1v) is 8.02. The van der Waals surface area contributed by atoms with Crippen LogP contribution in [0, 0.1) is 0 Å². The first-order chi connectivity index (χ1) is 12.5. The van der Waals surface area contributed by atoms with Crippen LogP contribution in [0.25, 0.3) is 10.9 Å². The van der Waals surface area contributed by atoms with Gasteiger partial charge in [0.25, 0.3) is 0 Å². The number of benzene rings is 2. The number of nitrogens with one attached hydrogen (secondary N) is 2. The highest BCUT2D eigenvalue weighted by molar-refractivity contribution is 5.86. The van der Waals surface area contributed by atoms with Crippen LogP contribution in [0.4, 0.5) is 4.79 Å². The minimum atomic E-state index is -1.17. The molecule has 0 aliphatic rings. The lowest BCUT2D eigenvalue weighted by atomic mass is 10.0. The van der Waals surface area contributed by atoms with Crippen LogP contribution < -0.4 is 5.32 Å². The highest BCUT2D eigenvalue weighted by atomic mass is 16.5. The Labute approximate surface area is 149 Å². The molecule has 134 valence electrons. The zero-order chi connectivity index (χ0) is 18.5. The maximum atomic E-state index is 11.9. The molecule has 0 bridgehead atoms. The number of carbonyl (C=O) groups excluding carboxylic acids is 1. The Kier molecular flexibility index (Phi) is 5.07. The van der Waals surface area contributed by atoms with E-state index in [1.54, 1.807) is 30.5 Å². The summed E-state index contributed by atoms with van der Waals surface area (Å²) in [5, 5.41) is 22.1. The molecule has 1 atom stereocenters. The minimum absolute atomic E-state index is 0.0548. The zero-order valence-electron chi connectivity index (χ0n) is 13.8. The number of ether oxygens (including phenoxy) is 1. The zero-order valence-corrected chi connectivity index (χ0v) is 13.8. The van der Waals surface area contributed by atoms with Gasteiger partial charge in [0.15, 0.2) is 0 Å². The number of amides is 1. The number of carbonyl (C=O) groups is 2. The third-order valence-corrected chi connectivity index (χ3v) is 3.98. The molecule has 0 radical (unpaired) electrons. The van der Waals surface area contributed by atoms with Crippen molar-refractivity contribution in [2.75, 3.05) is 0 Å². The standard InChI is InChI=1S/C19H18N2O5/c22-14-6-7-16-15(9-14)13(10-20-16)8-17(18(23)24)21-19(25)26-11-12-4-2-1-3-5-12/h1-7,9-10,17,20,22H,8,11H2,(H,21,25)(H,23,24). The predicted molar refractivity (Wildman–Crippen MR) is 94.9 cm³/mol. The van der Waals surface area contributed by atoms with Gasteiger partial charge in [-0.25, -0.2) is 9.59 Å². The molecule has 7 nitrogen and oxygen atoms in total. The molecule has 0 saturated heterocycles. The van der Waals surface area contributed by atoms with Gasteiger partial charge < -0.3 is 25.3 Å². The molecule has 0 aliphatic carbocycles. The monoisotopic (exact) mass is 354 g/mol. The number of carboxylic acid groups (broad SMARTS) is 1. The molecule has 4 N–H and O–H groups in total. The van der Waals surface area contributed by atoms with Gasteiger partial charge in [0, 0.05) is 23.5 Å². The fraction of sp³-hybridized carbons (Fsp3) is 0.158. The van der Waals surface area contributed by atoms with E-state index >= 15 is 0 Å². The summed E-state index contributed by atoms with van der Waals surface area (Å²) >= 11 is 0. The number of fused-ring (bicyclic) bond motifs is 1. The van der Waals surface area contributed by atoms with Gasteiger partial charge in [0.05, 0.1) is 0 Å². The summed E-state index contributed by atoms with van der Waals surface area (Å²) in [4.78, 5) is 26.5. The molecule has 3 rings (SSSR count). The molecule has 0 fully saturated rings. The molecular weight excluding hydrogens is 336 g/mol. The third kappa shape index (κ3) is 4.13. The third-order valence-electron chi connectivity index (χ3n) is 3.98. The Morgan fingerprint density at radius 3 is 2.65 bits per heavy atom. The number of aliphatic carboxylic acids is 1. The highest BCUT2D eigenvalue weighted by Crippen LogP contribution is 2.24. The predicted octanol–water partition coefficient (Wildman–Crippen LogP) is 2.80. The van der Waals surface area contributed by atoms with Gasteiger partial charge in [-0.1, -0.05) is 30.3 Å². The molecule has 2 aromatic carbocycles. The molecule has 0 spiro atoms. The summed E-state index contributed by atoms with van der Waals surface area (Å²) < 4.78 is 5.07. The number of phenols is 1. The second kappa shape index (κ2) is 7.60. The number of carboxylic acids is 1. The van der Waals surface area contributed by atoms with Crippen LogP contribution in [0.3, 0.4) is 0 Å². The van der Waals surface area contributed by atoms with Gasteiger partial charge in [-0.15, -0.1) is 0 Å². The van der Waals surface area contributed by atoms with Gasteiger partial charge in [0.1, 0.15) is 18.4 Å². The summed E-state index contributed by atoms with van der Waals surface area (Å²) in [6.45, 7) is 0.0555. The van der Waals surface area contributed by atoms with E-state index in [2.05, 4.69) is 10.3 Å². The molecule has 0 saturated carbocycles. The summed E-state index contributed by atoms with van der Waals surface area (Å²) in [6, 6.07) is 12.7. The van der Waals surface area contributed by atoms with E-state index in [-0.39, 0.29) is 18.8 Å². The molecular formula is C19H18N2O5. The van der Waals surface area contributed by atoms with Crippen LogP contribution in [-0.2, 0) is 22.6 Å². The van der Waals surface area contributed by atoms with E-state index in [0.29, 0.717) is 10.9 Å². The second-order valence-corrected chi connectivity index (χ2v) is 5.84. The van der Waals surface area contributed by atoms with Crippen molar-refractivity contribution in [1.29, 1.82) is 0 Å². The van der Waals surface area contributed by atoms with Crippen molar-refractivity contribution in [1.82, 2.24) is 10.3 Å². The lowest BCUT2D eigenvalue weighted by Gasteiger charge is -2.14. The first kappa shape index (κ1) is 17.3. The summed E-state index contributed by atoms with van der Waals surface area (Å²) in [6.07, 6.45) is 0.917. The Bertz CT molecular complexity index is 920. The number of aromatic hydroxyl groups is 1. The number of alkyl carbamates (subject to hydrolysis) is 1. The van der Waals surface area contributed by atoms with Crippen molar-refractivity contribution in [3.8, 4) is 5.75 Å². The Hall–Kier alpha value is -3.48. The van der Waals surface area contributed by atoms with Crippen molar-refractivity contribution >= 4 is 23.0 Å². The quantitative estimate of drug-likeness (QED) is 0.544. The molecule has 26 heavy (non-hydrogen) atoms. The average molecular weight is 354 g/mol. The van der Waals surface area contributed by atoms with Crippen molar-refractivity contribution < 1.29 is 24.5 Å². The van der Waals surface area contributed by atoms with Crippen LogP contribution >= 0.6 is 0 Å². The van der Waals surface area contributed by atoms with E-state index < -0.39 is 18.1 Å². The van der Waals surface area contributed by atoms with Crippen molar-refractivity contribution in [2.24, 2.45) is 0 Å². The lowest BCUT2D eigenvalue weighted by molar-refractivity contribution is -0.139. The number of rotatable bonds is 6. The molecule has 7 heteroatoms. The normalized spacial score (nSPS) is 11.8. The van der Waals surface area contributed by atoms with Gasteiger partial charge in [0.2, 0.25) is 0 Å². The van der Waals surface area contributed by atoms with Gasteiger partial charge in [-0.3, -0.25) is 0 Å². The van der Waals surface area contributed by atoms with Gasteiger partial charge in [-0.05, 0) is 29.3 Å². The summed E-state index contributed by atoms with van der Waals surface area (Å²) in [5.41, 5.74) is 2.25. The summed E-state index contributed by atoms with van der Waals surface area (Å²) in [7, 11) is 0. The number of aromatic nitrogens is 1. The molecule has 3 aromatic rings. The van der Waals surface area contributed by atoms with Gasteiger partial charge in [-0.2, -0.15) is 0 Å². The Balaban J connectivity index is 1.66. The van der Waals surface area contributed by atoms with Crippen molar-refractivity contribution in [3.63, 3.8) is 0 Å². The summed E-state index contributed by atoms with van der Waals surface area (Å²) in [5.74, 6) is -1.09. The fourth-order valence-corrected chi connectivity index (χ4v) is 2.66. The average Bonchev–Trinajstić information content (AvgIpc) is 3.02. The van der Waals surface area contributed by atoms with Crippen LogP contribution in [0.5, 0.6) is 5.75 Å².